The van der Waals surface area contributed by atoms with Crippen molar-refractivity contribution in [3.05, 3.63) is 71.2 Å². The molecule has 0 amide bonds. The van der Waals surface area contributed by atoms with Crippen LogP contribution >= 0.6 is 11.6 Å². The summed E-state index contributed by atoms with van der Waals surface area (Å²) in [4.78, 5) is 0. The summed E-state index contributed by atoms with van der Waals surface area (Å²) < 4.78 is 6.00. The van der Waals surface area contributed by atoms with Gasteiger partial charge in [0.2, 0.25) is 0 Å². The second-order valence-corrected chi connectivity index (χ2v) is 10.6. The van der Waals surface area contributed by atoms with Gasteiger partial charge >= 0.3 is 0 Å². The van der Waals surface area contributed by atoms with Crippen molar-refractivity contribution in [1.82, 2.24) is 0 Å². The van der Waals surface area contributed by atoms with Crippen molar-refractivity contribution in [2.24, 2.45) is 17.8 Å². The van der Waals surface area contributed by atoms with Gasteiger partial charge < -0.3 is 4.42 Å². The molecule has 0 saturated heterocycles. The van der Waals surface area contributed by atoms with Crippen molar-refractivity contribution >= 4 is 33.5 Å². The van der Waals surface area contributed by atoms with Crippen molar-refractivity contribution < 1.29 is 4.42 Å². The highest BCUT2D eigenvalue weighted by Crippen LogP contribution is 2.60. The predicted molar refractivity (Wildman–Crippen MR) is 124 cm³/mol. The molecule has 1 aromatic heterocycles. The number of fused-ring (bicyclic) bond motifs is 3. The van der Waals surface area contributed by atoms with Crippen LogP contribution in [0.4, 0.5) is 0 Å². The van der Waals surface area contributed by atoms with Gasteiger partial charge in [-0.15, -0.1) is 0 Å². The normalized spacial score (nSPS) is 29.8. The Morgan fingerprint density at radius 1 is 0.733 bits per heavy atom. The fourth-order valence-corrected chi connectivity index (χ4v) is 7.69. The van der Waals surface area contributed by atoms with Crippen molar-refractivity contribution in [3.63, 3.8) is 0 Å². The van der Waals surface area contributed by atoms with Crippen LogP contribution in [-0.4, -0.2) is 0 Å². The maximum Gasteiger partial charge on any atom is 0.154 e. The Morgan fingerprint density at radius 2 is 1.40 bits per heavy atom. The molecule has 0 unspecified atom stereocenters. The maximum absolute atomic E-state index is 6.63. The van der Waals surface area contributed by atoms with E-state index in [1.54, 1.807) is 5.56 Å². The second-order valence-electron chi connectivity index (χ2n) is 10.2. The molecular weight excluding hydrogens is 388 g/mol. The third-order valence-electron chi connectivity index (χ3n) is 8.30. The molecule has 8 rings (SSSR count). The van der Waals surface area contributed by atoms with E-state index in [1.165, 1.54) is 44.1 Å². The number of hydrogen-bond donors (Lipinski definition) is 0. The Morgan fingerprint density at radius 3 is 2.10 bits per heavy atom. The highest BCUT2D eigenvalue weighted by molar-refractivity contribution is 6.36. The number of benzene rings is 3. The van der Waals surface area contributed by atoms with Gasteiger partial charge in [-0.2, -0.15) is 0 Å². The summed E-state index contributed by atoms with van der Waals surface area (Å²) in [5, 5.41) is 2.91. The van der Waals surface area contributed by atoms with Crippen molar-refractivity contribution in [2.75, 3.05) is 0 Å². The first-order valence-corrected chi connectivity index (χ1v) is 11.8. The van der Waals surface area contributed by atoms with Crippen LogP contribution in [0.2, 0.25) is 5.02 Å². The minimum atomic E-state index is 0.454. The molecule has 4 aromatic rings. The average molecular weight is 413 g/mol. The SMILES string of the molecule is Clc1cc(-c2ccc(C34CC5CC(CC(C5)C3)C4)cc2)cc2c1oc1ccccc12. The van der Waals surface area contributed by atoms with Gasteiger partial charge in [0.1, 0.15) is 5.58 Å². The van der Waals surface area contributed by atoms with Crippen molar-refractivity contribution in [3.8, 4) is 11.1 Å². The molecule has 30 heavy (non-hydrogen) atoms. The van der Waals surface area contributed by atoms with Crippen molar-refractivity contribution in [1.29, 1.82) is 0 Å². The molecule has 1 heterocycles. The molecule has 4 aliphatic carbocycles. The average Bonchev–Trinajstić information content (AvgIpc) is 3.12. The molecule has 0 spiro atoms. The summed E-state index contributed by atoms with van der Waals surface area (Å²) in [6.07, 6.45) is 8.73. The van der Waals surface area contributed by atoms with E-state index in [2.05, 4.69) is 42.5 Å². The minimum absolute atomic E-state index is 0.454. The Labute approximate surface area is 182 Å². The lowest BCUT2D eigenvalue weighted by molar-refractivity contribution is -0.00518. The van der Waals surface area contributed by atoms with E-state index in [4.69, 9.17) is 16.0 Å². The van der Waals surface area contributed by atoms with E-state index in [1.807, 2.05) is 18.2 Å². The van der Waals surface area contributed by atoms with Crippen LogP contribution in [0, 0.1) is 17.8 Å². The van der Waals surface area contributed by atoms with Gasteiger partial charge in [-0.25, -0.2) is 0 Å². The quantitative estimate of drug-likeness (QED) is 0.322. The standard InChI is InChI=1S/C28H25ClO/c29-25-13-21(12-24-23-3-1-2-4-26(23)30-27(24)25)20-5-7-22(8-6-20)28-14-17-9-18(15-28)11-19(10-17)16-28/h1-8,12-13,17-19H,9-11,14-16H2. The highest BCUT2D eigenvalue weighted by Gasteiger charge is 2.51. The molecule has 150 valence electrons. The van der Waals surface area contributed by atoms with Gasteiger partial charge in [-0.05, 0) is 96.6 Å². The molecule has 0 atom stereocenters. The summed E-state index contributed by atoms with van der Waals surface area (Å²) in [5.41, 5.74) is 6.10. The highest BCUT2D eigenvalue weighted by atomic mass is 35.5. The van der Waals surface area contributed by atoms with E-state index in [-0.39, 0.29) is 0 Å². The fraction of sp³-hybridized carbons (Fsp3) is 0.357. The Kier molecular flexibility index (Phi) is 3.57. The molecule has 4 bridgehead atoms. The predicted octanol–water partition coefficient (Wildman–Crippen LogP) is 8.37. The lowest BCUT2D eigenvalue weighted by Gasteiger charge is -2.57. The summed E-state index contributed by atoms with van der Waals surface area (Å²) in [6, 6.07) is 21.9. The first-order valence-electron chi connectivity index (χ1n) is 11.4. The third-order valence-corrected chi connectivity index (χ3v) is 8.58. The van der Waals surface area contributed by atoms with Crippen LogP contribution in [0.1, 0.15) is 44.1 Å². The van der Waals surface area contributed by atoms with Crippen LogP contribution in [0.5, 0.6) is 0 Å². The topological polar surface area (TPSA) is 13.1 Å². The maximum atomic E-state index is 6.63. The van der Waals surface area contributed by atoms with Crippen LogP contribution in [0.15, 0.2) is 65.1 Å². The first-order chi connectivity index (χ1) is 14.7. The first kappa shape index (κ1) is 17.4. The lowest BCUT2D eigenvalue weighted by Crippen LogP contribution is -2.48. The summed E-state index contributed by atoms with van der Waals surface area (Å²) in [5.74, 6) is 2.93. The molecule has 0 N–H and O–H groups in total. The molecule has 0 radical (unpaired) electrons. The summed E-state index contributed by atoms with van der Waals surface area (Å²) in [7, 11) is 0. The van der Waals surface area contributed by atoms with Gasteiger partial charge in [-0.3, -0.25) is 0 Å². The van der Waals surface area contributed by atoms with E-state index in [9.17, 15) is 0 Å². The second kappa shape index (κ2) is 6.14. The number of halogens is 1. The van der Waals surface area contributed by atoms with Gasteiger partial charge in [0.05, 0.1) is 5.02 Å². The van der Waals surface area contributed by atoms with Gasteiger partial charge in [0.25, 0.3) is 0 Å². The number of rotatable bonds is 2. The molecule has 4 saturated carbocycles. The van der Waals surface area contributed by atoms with Crippen LogP contribution < -0.4 is 0 Å². The minimum Gasteiger partial charge on any atom is -0.454 e. The zero-order valence-corrected chi connectivity index (χ0v) is 17.8. The molecule has 4 aliphatic rings. The van der Waals surface area contributed by atoms with Gasteiger partial charge in [0.15, 0.2) is 5.58 Å². The molecule has 4 fully saturated rings. The van der Waals surface area contributed by atoms with Gasteiger partial charge in [-0.1, -0.05) is 54.1 Å². The molecular formula is C28H25ClO. The number of para-hydroxylation sites is 1. The smallest absolute Gasteiger partial charge is 0.154 e. The Balaban J connectivity index is 1.29. The third kappa shape index (κ3) is 2.48. The molecule has 3 aromatic carbocycles. The molecule has 2 heteroatoms. The largest absolute Gasteiger partial charge is 0.454 e. The monoisotopic (exact) mass is 412 g/mol. The van der Waals surface area contributed by atoms with E-state index in [0.29, 0.717) is 10.4 Å². The Hall–Kier alpha value is -2.25. The summed E-state index contributed by atoms with van der Waals surface area (Å²) >= 11 is 6.63. The zero-order valence-electron chi connectivity index (χ0n) is 17.0. The molecule has 0 aliphatic heterocycles. The fourth-order valence-electron chi connectivity index (χ4n) is 7.43. The summed E-state index contributed by atoms with van der Waals surface area (Å²) in [6.45, 7) is 0. The van der Waals surface area contributed by atoms with E-state index >= 15 is 0 Å². The van der Waals surface area contributed by atoms with E-state index in [0.717, 1.165) is 45.3 Å². The van der Waals surface area contributed by atoms with Gasteiger partial charge in [0, 0.05) is 10.8 Å². The zero-order chi connectivity index (χ0) is 19.9. The van der Waals surface area contributed by atoms with Crippen LogP contribution in [-0.2, 0) is 5.41 Å². The number of hydrogen-bond acceptors (Lipinski definition) is 1. The van der Waals surface area contributed by atoms with Crippen LogP contribution in [0.25, 0.3) is 33.1 Å². The van der Waals surface area contributed by atoms with E-state index < -0.39 is 0 Å². The van der Waals surface area contributed by atoms with Crippen molar-refractivity contribution in [2.45, 2.75) is 43.9 Å². The van der Waals surface area contributed by atoms with Crippen LogP contribution in [0.3, 0.4) is 0 Å². The lowest BCUT2D eigenvalue weighted by atomic mass is 9.48. The Bertz CT molecular complexity index is 1240. The number of furan rings is 1. The molecule has 1 nitrogen and oxygen atoms in total.